The number of carbonyl (C=O) groups excluding carboxylic acids is 1. The van der Waals surface area contributed by atoms with Crippen LogP contribution in [0.1, 0.15) is 54.3 Å². The Morgan fingerprint density at radius 1 is 0.484 bits per heavy atom. The Hall–Kier alpha value is -7.61. The number of carbonyl (C=O) groups is 1. The minimum atomic E-state index is -0.00879. The number of nitrogens with two attached hydrogens (primary N) is 2. The molecule has 0 spiro atoms. The molecule has 11 nitrogen and oxygen atoms in total. The van der Waals surface area contributed by atoms with Crippen molar-refractivity contribution in [1.29, 1.82) is 0 Å². The van der Waals surface area contributed by atoms with E-state index in [1.165, 1.54) is 35.3 Å². The second-order valence-corrected chi connectivity index (χ2v) is 17.8. The smallest absolute Gasteiger partial charge is 0.214 e. The summed E-state index contributed by atoms with van der Waals surface area (Å²) in [6.45, 7) is 8.46. The number of anilines is 2. The molecule has 13 heteroatoms. The van der Waals surface area contributed by atoms with Gasteiger partial charge in [0.05, 0.1) is 20.5 Å². The summed E-state index contributed by atoms with van der Waals surface area (Å²) in [5.41, 5.74) is 21.8. The summed E-state index contributed by atoms with van der Waals surface area (Å²) in [6, 6.07) is 35.9. The number of hydrogen-bond donors (Lipinski definition) is 2. The molecular formula is C51H42N8O3S2. The third-order valence-electron chi connectivity index (χ3n) is 11.3. The van der Waals surface area contributed by atoms with E-state index in [-0.39, 0.29) is 17.9 Å². The minimum Gasteiger partial charge on any atom is -0.457 e. The first-order valence-corrected chi connectivity index (χ1v) is 22.6. The third kappa shape index (κ3) is 7.44. The number of fused-ring (bicyclic) bond motifs is 2. The van der Waals surface area contributed by atoms with Crippen molar-refractivity contribution in [2.75, 3.05) is 11.5 Å². The molecule has 0 amide bonds. The second-order valence-electron chi connectivity index (χ2n) is 16.0. The zero-order valence-corrected chi connectivity index (χ0v) is 37.0. The largest absolute Gasteiger partial charge is 0.457 e. The number of nitrogen functional groups attached to an aromatic ring is 2. The molecule has 0 radical (unpaired) electrons. The standard InChI is InChI=1S/C51H42N8O3S2/c1-29(2)58-25-41(43-48(52)54-27-56-50(43)58)33-9-17-37(18-10-33)61-35-13-5-31(6-14-35)39-21-23-63-46(39)45(60)47-40(22-24-64-47)32-7-15-36(16-8-32)62-38-19-11-34(12-20-38)42-26-59(30(3)4)51-44(42)49(53)55-28-57-51/h5-30H,1-4H3,(H2,52,54,56)(H2,53,55,57). The summed E-state index contributed by atoms with van der Waals surface area (Å²) in [7, 11) is 0. The van der Waals surface area contributed by atoms with Crippen LogP contribution in [0.3, 0.4) is 0 Å². The summed E-state index contributed by atoms with van der Waals surface area (Å²) in [5.74, 6) is 3.66. The van der Waals surface area contributed by atoms with Crippen LogP contribution in [-0.4, -0.2) is 34.9 Å². The number of ketones is 1. The van der Waals surface area contributed by atoms with E-state index >= 15 is 0 Å². The molecule has 6 heterocycles. The van der Waals surface area contributed by atoms with Crippen molar-refractivity contribution in [3.05, 3.63) is 155 Å². The molecule has 6 aromatic heterocycles. The van der Waals surface area contributed by atoms with E-state index < -0.39 is 0 Å². The Morgan fingerprint density at radius 3 is 1.14 bits per heavy atom. The Balaban J connectivity index is 0.813. The quantitative estimate of drug-likeness (QED) is 0.114. The van der Waals surface area contributed by atoms with Gasteiger partial charge in [-0.3, -0.25) is 4.79 Å². The molecule has 0 bridgehead atoms. The number of hydrogen-bond acceptors (Lipinski definition) is 11. The molecule has 316 valence electrons. The molecule has 0 atom stereocenters. The normalized spacial score (nSPS) is 11.6. The highest BCUT2D eigenvalue weighted by Gasteiger charge is 2.23. The molecule has 64 heavy (non-hydrogen) atoms. The Labute approximate surface area is 377 Å². The lowest BCUT2D eigenvalue weighted by Gasteiger charge is -2.10. The van der Waals surface area contributed by atoms with Crippen LogP contribution in [0.2, 0.25) is 0 Å². The molecule has 4 N–H and O–H groups in total. The third-order valence-corrected chi connectivity index (χ3v) is 13.1. The van der Waals surface area contributed by atoms with Gasteiger partial charge < -0.3 is 30.1 Å². The molecule has 0 saturated heterocycles. The van der Waals surface area contributed by atoms with Crippen molar-refractivity contribution in [2.45, 2.75) is 39.8 Å². The summed E-state index contributed by atoms with van der Waals surface area (Å²) in [6.07, 6.45) is 7.16. The van der Waals surface area contributed by atoms with Gasteiger partial charge in [-0.15, -0.1) is 22.7 Å². The fourth-order valence-corrected chi connectivity index (χ4v) is 9.84. The summed E-state index contributed by atoms with van der Waals surface area (Å²) in [5, 5.41) is 5.61. The lowest BCUT2D eigenvalue weighted by molar-refractivity contribution is 0.104. The van der Waals surface area contributed by atoms with Crippen molar-refractivity contribution < 1.29 is 14.3 Å². The predicted molar refractivity (Wildman–Crippen MR) is 259 cm³/mol. The molecule has 0 saturated carbocycles. The Bertz CT molecular complexity index is 3090. The SMILES string of the molecule is CC(C)n1cc(-c2ccc(Oc3ccc(-c4ccsc4C(=O)c4sccc4-c4ccc(Oc5ccc(-c6cn(C(C)C)c7ncnc(N)c67)cc5)cc4)cc3)cc2)c2c(N)ncnc21. The van der Waals surface area contributed by atoms with Crippen molar-refractivity contribution in [1.82, 2.24) is 29.1 Å². The summed E-state index contributed by atoms with van der Waals surface area (Å²) >= 11 is 2.89. The number of nitrogens with zero attached hydrogens (tertiary/aromatic N) is 6. The highest BCUT2D eigenvalue weighted by molar-refractivity contribution is 7.16. The molecule has 0 aliphatic rings. The Kier molecular flexibility index (Phi) is 10.5. The zero-order chi connectivity index (χ0) is 44.1. The van der Waals surface area contributed by atoms with Gasteiger partial charge in [-0.05, 0) is 121 Å². The monoisotopic (exact) mass is 878 g/mol. The van der Waals surface area contributed by atoms with Crippen LogP contribution >= 0.6 is 22.7 Å². The van der Waals surface area contributed by atoms with E-state index in [9.17, 15) is 4.79 Å². The molecule has 10 aromatic rings. The lowest BCUT2D eigenvalue weighted by Crippen LogP contribution is -2.00. The van der Waals surface area contributed by atoms with E-state index in [0.29, 0.717) is 44.4 Å². The number of benzene rings is 4. The van der Waals surface area contributed by atoms with Crippen LogP contribution in [0.15, 0.2) is 145 Å². The van der Waals surface area contributed by atoms with Crippen LogP contribution in [0, 0.1) is 0 Å². The number of thiophene rings is 2. The molecule has 0 fully saturated rings. The van der Waals surface area contributed by atoms with E-state index in [4.69, 9.17) is 20.9 Å². The molecule has 10 rings (SSSR count). The molecule has 4 aromatic carbocycles. The molecule has 0 aliphatic heterocycles. The van der Waals surface area contributed by atoms with Crippen molar-refractivity contribution >= 4 is 62.2 Å². The maximum Gasteiger partial charge on any atom is 0.214 e. The lowest BCUT2D eigenvalue weighted by atomic mass is 10.0. The van der Waals surface area contributed by atoms with Gasteiger partial charge in [0, 0.05) is 46.7 Å². The molecular weight excluding hydrogens is 837 g/mol. The first kappa shape index (κ1) is 40.5. The zero-order valence-electron chi connectivity index (χ0n) is 35.4. The minimum absolute atomic E-state index is 0.00879. The van der Waals surface area contributed by atoms with E-state index in [0.717, 1.165) is 66.6 Å². The summed E-state index contributed by atoms with van der Waals surface area (Å²) in [4.78, 5) is 33.1. The maximum atomic E-state index is 14.2. The summed E-state index contributed by atoms with van der Waals surface area (Å²) < 4.78 is 16.7. The van der Waals surface area contributed by atoms with Gasteiger partial charge in [0.1, 0.15) is 58.6 Å². The average molecular weight is 879 g/mol. The number of aromatic nitrogens is 6. The van der Waals surface area contributed by atoms with E-state index in [1.807, 2.05) is 120 Å². The fraction of sp³-hybridized carbons (Fsp3) is 0.118. The van der Waals surface area contributed by atoms with Crippen molar-refractivity contribution in [3.63, 3.8) is 0 Å². The van der Waals surface area contributed by atoms with Gasteiger partial charge in [-0.1, -0.05) is 48.5 Å². The van der Waals surface area contributed by atoms with Crippen LogP contribution < -0.4 is 20.9 Å². The maximum absolute atomic E-state index is 14.2. The van der Waals surface area contributed by atoms with E-state index in [2.05, 4.69) is 69.2 Å². The average Bonchev–Trinajstić information content (AvgIpc) is 4.13. The van der Waals surface area contributed by atoms with Gasteiger partial charge in [0.2, 0.25) is 5.78 Å². The molecule has 0 unspecified atom stereocenters. The van der Waals surface area contributed by atoms with Gasteiger partial charge >= 0.3 is 0 Å². The van der Waals surface area contributed by atoms with E-state index in [1.54, 1.807) is 0 Å². The van der Waals surface area contributed by atoms with Crippen LogP contribution in [0.4, 0.5) is 11.6 Å². The van der Waals surface area contributed by atoms with Crippen molar-refractivity contribution in [3.8, 4) is 67.5 Å². The van der Waals surface area contributed by atoms with Crippen LogP contribution in [0.25, 0.3) is 66.6 Å². The van der Waals surface area contributed by atoms with Crippen molar-refractivity contribution in [2.24, 2.45) is 0 Å². The van der Waals surface area contributed by atoms with Crippen LogP contribution in [0.5, 0.6) is 23.0 Å². The van der Waals surface area contributed by atoms with Crippen LogP contribution in [-0.2, 0) is 0 Å². The fourth-order valence-electron chi connectivity index (χ4n) is 8.05. The van der Waals surface area contributed by atoms with Gasteiger partial charge in [0.15, 0.2) is 0 Å². The first-order chi connectivity index (χ1) is 31.1. The first-order valence-electron chi connectivity index (χ1n) is 20.8. The highest BCUT2D eigenvalue weighted by atomic mass is 32.1. The van der Waals surface area contributed by atoms with Gasteiger partial charge in [-0.25, -0.2) is 19.9 Å². The second kappa shape index (κ2) is 16.6. The van der Waals surface area contributed by atoms with Gasteiger partial charge in [-0.2, -0.15) is 0 Å². The Morgan fingerprint density at radius 2 is 0.812 bits per heavy atom. The molecule has 0 aliphatic carbocycles. The number of ether oxygens (including phenoxy) is 2. The van der Waals surface area contributed by atoms with Gasteiger partial charge in [0.25, 0.3) is 0 Å². The highest BCUT2D eigenvalue weighted by Crippen LogP contribution is 2.40. The topological polar surface area (TPSA) is 149 Å². The number of rotatable bonds is 12. The predicted octanol–water partition coefficient (Wildman–Crippen LogP) is 13.1.